The van der Waals surface area contributed by atoms with Crippen LogP contribution in [-0.2, 0) is 4.79 Å². The van der Waals surface area contributed by atoms with Crippen LogP contribution in [0.4, 0.5) is 0 Å². The molecule has 0 bridgehead atoms. The largest absolute Gasteiger partial charge is 0.481 e. The Hall–Kier alpha value is -1.00. The lowest BCUT2D eigenvalue weighted by molar-refractivity contribution is -0.137. The van der Waals surface area contributed by atoms with Gasteiger partial charge in [-0.25, -0.2) is 0 Å². The van der Waals surface area contributed by atoms with Crippen LogP contribution in [0.2, 0.25) is 0 Å². The number of rotatable bonds is 5. The predicted molar refractivity (Wildman–Crippen MR) is 70.3 cm³/mol. The highest BCUT2D eigenvalue weighted by Crippen LogP contribution is 2.34. The molecule has 1 aliphatic rings. The quantitative estimate of drug-likeness (QED) is 0.843. The topological polar surface area (TPSA) is 63.3 Å². The molecule has 3 nitrogen and oxygen atoms in total. The maximum atomic E-state index is 10.5. The second-order valence-corrected chi connectivity index (χ2v) is 5.51. The Morgan fingerprint density at radius 3 is 2.53 bits per heavy atom. The van der Waals surface area contributed by atoms with Crippen LogP contribution in [0.3, 0.4) is 0 Å². The molecule has 0 saturated carbocycles. The minimum absolute atomic E-state index is 0.127. The highest BCUT2D eigenvalue weighted by Gasteiger charge is 2.20. The summed E-state index contributed by atoms with van der Waals surface area (Å²) < 4.78 is 0. The Labute approximate surface area is 105 Å². The summed E-state index contributed by atoms with van der Waals surface area (Å²) in [6, 6.07) is 8.15. The summed E-state index contributed by atoms with van der Waals surface area (Å²) in [5.74, 6) is 2.34. The van der Waals surface area contributed by atoms with Crippen LogP contribution in [0.5, 0.6) is 0 Å². The summed E-state index contributed by atoms with van der Waals surface area (Å²) in [7, 11) is 0. The van der Waals surface area contributed by atoms with Crippen molar-refractivity contribution in [3.63, 3.8) is 0 Å². The van der Waals surface area contributed by atoms with Gasteiger partial charge < -0.3 is 10.8 Å². The maximum absolute atomic E-state index is 10.5. The summed E-state index contributed by atoms with van der Waals surface area (Å²) in [4.78, 5) is 10.5. The number of hydrogen-bond acceptors (Lipinski definition) is 3. The standard InChI is InChI=1S/C13H17NO2S/c14-12(5-6-13(15)16)10-3-1-9(2-4-10)11-7-17-8-11/h1-4,11-12H,5-8,14H2,(H,15,16). The number of carboxylic acid groups (broad SMARTS) is 1. The van der Waals surface area contributed by atoms with Crippen LogP contribution in [0.15, 0.2) is 24.3 Å². The van der Waals surface area contributed by atoms with E-state index in [9.17, 15) is 4.79 Å². The number of carbonyl (C=O) groups is 1. The van der Waals surface area contributed by atoms with Gasteiger partial charge in [0.15, 0.2) is 0 Å². The van der Waals surface area contributed by atoms with Crippen molar-refractivity contribution in [1.29, 1.82) is 0 Å². The van der Waals surface area contributed by atoms with E-state index in [-0.39, 0.29) is 12.5 Å². The molecule has 0 radical (unpaired) electrons. The minimum atomic E-state index is -0.788. The molecule has 0 spiro atoms. The van der Waals surface area contributed by atoms with E-state index in [4.69, 9.17) is 10.8 Å². The molecule has 1 unspecified atom stereocenters. The molecule has 92 valence electrons. The van der Waals surface area contributed by atoms with Gasteiger partial charge in [0.1, 0.15) is 0 Å². The smallest absolute Gasteiger partial charge is 0.303 e. The SMILES string of the molecule is NC(CCC(=O)O)c1ccc(C2CSC2)cc1. The fourth-order valence-corrected chi connectivity index (χ4v) is 2.75. The van der Waals surface area contributed by atoms with Crippen LogP contribution >= 0.6 is 11.8 Å². The summed E-state index contributed by atoms with van der Waals surface area (Å²) in [5, 5.41) is 8.61. The number of nitrogens with two attached hydrogens (primary N) is 1. The second-order valence-electron chi connectivity index (χ2n) is 4.44. The van der Waals surface area contributed by atoms with Crippen molar-refractivity contribution in [2.75, 3.05) is 11.5 Å². The third-order valence-electron chi connectivity index (χ3n) is 3.14. The van der Waals surface area contributed by atoms with Crippen LogP contribution in [0.25, 0.3) is 0 Å². The van der Waals surface area contributed by atoms with Crippen molar-refractivity contribution in [1.82, 2.24) is 0 Å². The molecule has 1 aromatic carbocycles. The van der Waals surface area contributed by atoms with Crippen molar-refractivity contribution in [3.8, 4) is 0 Å². The van der Waals surface area contributed by atoms with Crippen molar-refractivity contribution in [3.05, 3.63) is 35.4 Å². The lowest BCUT2D eigenvalue weighted by Crippen LogP contribution is -2.16. The van der Waals surface area contributed by atoms with E-state index in [1.165, 1.54) is 17.1 Å². The first-order valence-electron chi connectivity index (χ1n) is 5.82. The van der Waals surface area contributed by atoms with Crippen LogP contribution in [0.1, 0.15) is 35.9 Å². The number of hydrogen-bond donors (Lipinski definition) is 2. The normalized spacial score (nSPS) is 17.5. The van der Waals surface area contributed by atoms with Crippen LogP contribution in [-0.4, -0.2) is 22.6 Å². The van der Waals surface area contributed by atoms with Crippen molar-refractivity contribution in [2.45, 2.75) is 24.8 Å². The van der Waals surface area contributed by atoms with Gasteiger partial charge in [0.05, 0.1) is 0 Å². The van der Waals surface area contributed by atoms with Gasteiger partial charge in [-0.1, -0.05) is 24.3 Å². The van der Waals surface area contributed by atoms with Crippen LogP contribution < -0.4 is 5.73 Å². The number of thioether (sulfide) groups is 1. The van der Waals surface area contributed by atoms with E-state index in [1.54, 1.807) is 0 Å². The van der Waals surface area contributed by atoms with Gasteiger partial charge in [0.25, 0.3) is 0 Å². The molecule has 0 aliphatic carbocycles. The lowest BCUT2D eigenvalue weighted by Gasteiger charge is -2.25. The van der Waals surface area contributed by atoms with E-state index in [0.29, 0.717) is 12.3 Å². The van der Waals surface area contributed by atoms with Gasteiger partial charge in [-0.05, 0) is 17.5 Å². The molecule has 0 amide bonds. The Morgan fingerprint density at radius 1 is 1.41 bits per heavy atom. The molecular weight excluding hydrogens is 234 g/mol. The van der Waals surface area contributed by atoms with Gasteiger partial charge in [0.2, 0.25) is 0 Å². The lowest BCUT2D eigenvalue weighted by atomic mass is 9.97. The van der Waals surface area contributed by atoms with Crippen LogP contribution in [0, 0.1) is 0 Å². The molecule has 17 heavy (non-hydrogen) atoms. The predicted octanol–water partition coefficient (Wildman–Crippen LogP) is 2.38. The van der Waals surface area contributed by atoms with E-state index < -0.39 is 5.97 Å². The van der Waals surface area contributed by atoms with Gasteiger partial charge in [-0.2, -0.15) is 11.8 Å². The van der Waals surface area contributed by atoms with Gasteiger partial charge >= 0.3 is 5.97 Å². The van der Waals surface area contributed by atoms with E-state index in [1.807, 2.05) is 23.9 Å². The molecule has 0 aromatic heterocycles. The summed E-state index contributed by atoms with van der Waals surface area (Å²) in [6.45, 7) is 0. The average molecular weight is 251 g/mol. The molecular formula is C13H17NO2S. The summed E-state index contributed by atoms with van der Waals surface area (Å²) in [5.41, 5.74) is 8.35. The first-order chi connectivity index (χ1) is 8.16. The Bertz CT molecular complexity index is 387. The number of benzene rings is 1. The molecule has 1 heterocycles. The zero-order valence-corrected chi connectivity index (χ0v) is 10.5. The first-order valence-corrected chi connectivity index (χ1v) is 6.97. The van der Waals surface area contributed by atoms with Crippen molar-refractivity contribution < 1.29 is 9.90 Å². The average Bonchev–Trinajstić information content (AvgIpc) is 2.24. The Morgan fingerprint density at radius 2 is 2.06 bits per heavy atom. The zero-order chi connectivity index (χ0) is 12.3. The Balaban J connectivity index is 1.94. The number of aliphatic carboxylic acids is 1. The summed E-state index contributed by atoms with van der Waals surface area (Å²) in [6.07, 6.45) is 0.621. The third kappa shape index (κ3) is 3.23. The zero-order valence-electron chi connectivity index (χ0n) is 9.63. The second kappa shape index (κ2) is 5.56. The molecule has 3 N–H and O–H groups in total. The fourth-order valence-electron chi connectivity index (χ4n) is 1.89. The molecule has 1 atom stereocenters. The number of carboxylic acids is 1. The fraction of sp³-hybridized carbons (Fsp3) is 0.462. The summed E-state index contributed by atoms with van der Waals surface area (Å²) >= 11 is 1.97. The van der Waals surface area contributed by atoms with Gasteiger partial charge in [0, 0.05) is 29.9 Å². The van der Waals surface area contributed by atoms with Gasteiger partial charge in [-0.3, -0.25) is 4.79 Å². The molecule has 2 rings (SSSR count). The monoisotopic (exact) mass is 251 g/mol. The minimum Gasteiger partial charge on any atom is -0.481 e. The highest BCUT2D eigenvalue weighted by atomic mass is 32.2. The molecule has 1 fully saturated rings. The van der Waals surface area contributed by atoms with E-state index >= 15 is 0 Å². The van der Waals surface area contributed by atoms with E-state index in [2.05, 4.69) is 12.1 Å². The molecule has 1 aliphatic heterocycles. The third-order valence-corrected chi connectivity index (χ3v) is 4.42. The van der Waals surface area contributed by atoms with Crippen molar-refractivity contribution >= 4 is 17.7 Å². The molecule has 4 heteroatoms. The maximum Gasteiger partial charge on any atom is 0.303 e. The molecule has 1 aromatic rings. The highest BCUT2D eigenvalue weighted by molar-refractivity contribution is 8.00. The Kier molecular flexibility index (Phi) is 4.07. The van der Waals surface area contributed by atoms with Crippen molar-refractivity contribution in [2.24, 2.45) is 5.73 Å². The van der Waals surface area contributed by atoms with Gasteiger partial charge in [-0.15, -0.1) is 0 Å². The molecule has 1 saturated heterocycles. The van der Waals surface area contributed by atoms with E-state index in [0.717, 1.165) is 5.56 Å². The first kappa shape index (κ1) is 12.5.